The molecule has 1 saturated heterocycles. The molecule has 3 rings (SSSR count). The summed E-state index contributed by atoms with van der Waals surface area (Å²) in [6.45, 7) is 4.47. The van der Waals surface area contributed by atoms with E-state index in [9.17, 15) is 4.79 Å². The Balaban J connectivity index is 1.64. The smallest absolute Gasteiger partial charge is 0.322 e. The number of ether oxygens (including phenoxy) is 1. The largest absolute Gasteiger partial charge is 0.381 e. The minimum absolute atomic E-state index is 0.0358. The summed E-state index contributed by atoms with van der Waals surface area (Å²) in [4.78, 5) is 14.5. The summed E-state index contributed by atoms with van der Waals surface area (Å²) in [5.74, 6) is 0.498. The lowest BCUT2D eigenvalue weighted by Crippen LogP contribution is -2.40. The third-order valence-electron chi connectivity index (χ3n) is 4.11. The lowest BCUT2D eigenvalue weighted by molar-refractivity contribution is 0.167. The molecule has 0 radical (unpaired) electrons. The van der Waals surface area contributed by atoms with Crippen molar-refractivity contribution in [2.24, 2.45) is 5.92 Å². The van der Waals surface area contributed by atoms with Crippen LogP contribution in [-0.4, -0.2) is 36.7 Å². The number of carbonyl (C=O) groups is 1. The number of anilines is 1. The highest BCUT2D eigenvalue weighted by molar-refractivity contribution is 5.90. The molecule has 2 fully saturated rings. The number of para-hydroxylation sites is 1. The van der Waals surface area contributed by atoms with Gasteiger partial charge in [0, 0.05) is 30.8 Å². The fourth-order valence-electron chi connectivity index (χ4n) is 2.69. The molecule has 0 aromatic heterocycles. The van der Waals surface area contributed by atoms with Crippen molar-refractivity contribution in [3.05, 3.63) is 29.8 Å². The average molecular weight is 274 g/mol. The Labute approximate surface area is 120 Å². The minimum atomic E-state index is 0.0358. The van der Waals surface area contributed by atoms with Crippen LogP contribution in [0.2, 0.25) is 0 Å². The van der Waals surface area contributed by atoms with Crippen LogP contribution in [0.25, 0.3) is 0 Å². The highest BCUT2D eigenvalue weighted by atomic mass is 16.5. The van der Waals surface area contributed by atoms with Gasteiger partial charge in [-0.05, 0) is 37.8 Å². The van der Waals surface area contributed by atoms with Crippen LogP contribution in [-0.2, 0) is 4.74 Å². The van der Waals surface area contributed by atoms with E-state index in [-0.39, 0.29) is 6.03 Å². The van der Waals surface area contributed by atoms with Crippen LogP contribution in [0.5, 0.6) is 0 Å². The maximum absolute atomic E-state index is 12.5. The van der Waals surface area contributed by atoms with Gasteiger partial charge in [-0.25, -0.2) is 4.79 Å². The van der Waals surface area contributed by atoms with Crippen LogP contribution >= 0.6 is 0 Å². The molecular formula is C16H22N2O2. The summed E-state index contributed by atoms with van der Waals surface area (Å²) in [7, 11) is 0. The van der Waals surface area contributed by atoms with Gasteiger partial charge in [0.05, 0.1) is 6.61 Å². The quantitative estimate of drug-likeness (QED) is 0.917. The van der Waals surface area contributed by atoms with E-state index in [1.54, 1.807) is 0 Å². The third kappa shape index (κ3) is 3.12. The molecule has 4 heteroatoms. The Morgan fingerprint density at radius 3 is 2.80 bits per heavy atom. The molecule has 1 saturated carbocycles. The van der Waals surface area contributed by atoms with E-state index in [0.29, 0.717) is 12.0 Å². The lowest BCUT2D eigenvalue weighted by Gasteiger charge is -2.25. The molecule has 1 aromatic carbocycles. The summed E-state index contributed by atoms with van der Waals surface area (Å²) in [6, 6.07) is 8.38. The molecule has 1 aromatic rings. The summed E-state index contributed by atoms with van der Waals surface area (Å²) in [5, 5.41) is 3.05. The van der Waals surface area contributed by atoms with Crippen LogP contribution in [0.1, 0.15) is 24.8 Å². The number of hydrogen-bond acceptors (Lipinski definition) is 2. The first kappa shape index (κ1) is 13.4. The second-order valence-electron chi connectivity index (χ2n) is 5.86. The molecular weight excluding hydrogens is 252 g/mol. The van der Waals surface area contributed by atoms with Crippen LogP contribution in [0, 0.1) is 12.8 Å². The number of benzene rings is 1. The van der Waals surface area contributed by atoms with Crippen LogP contribution in [0.3, 0.4) is 0 Å². The summed E-state index contributed by atoms with van der Waals surface area (Å²) in [6.07, 6.45) is 3.34. The number of nitrogens with zero attached hydrogens (tertiary/aromatic N) is 1. The SMILES string of the molecule is Cc1ccccc1NC(=O)N(CC1CCOC1)C1CC1. The maximum atomic E-state index is 12.5. The zero-order valence-corrected chi connectivity index (χ0v) is 12.0. The monoisotopic (exact) mass is 274 g/mol. The minimum Gasteiger partial charge on any atom is -0.381 e. The number of aryl methyl sites for hydroxylation is 1. The number of carbonyl (C=O) groups excluding carboxylic acids is 1. The van der Waals surface area contributed by atoms with Crippen molar-refractivity contribution in [3.8, 4) is 0 Å². The van der Waals surface area contributed by atoms with Gasteiger partial charge in [0.25, 0.3) is 0 Å². The Morgan fingerprint density at radius 2 is 2.15 bits per heavy atom. The molecule has 20 heavy (non-hydrogen) atoms. The van der Waals surface area contributed by atoms with Crippen molar-refractivity contribution in [1.29, 1.82) is 0 Å². The van der Waals surface area contributed by atoms with Crippen molar-refractivity contribution in [2.75, 3.05) is 25.1 Å². The lowest BCUT2D eigenvalue weighted by atomic mass is 10.1. The second kappa shape index (κ2) is 5.83. The van der Waals surface area contributed by atoms with E-state index in [2.05, 4.69) is 5.32 Å². The Kier molecular flexibility index (Phi) is 3.92. The van der Waals surface area contributed by atoms with Crippen LogP contribution < -0.4 is 5.32 Å². The predicted molar refractivity (Wildman–Crippen MR) is 78.9 cm³/mol. The molecule has 1 aliphatic heterocycles. The summed E-state index contributed by atoms with van der Waals surface area (Å²) in [5.41, 5.74) is 2.01. The van der Waals surface area contributed by atoms with Gasteiger partial charge >= 0.3 is 6.03 Å². The molecule has 1 aliphatic carbocycles. The Bertz CT molecular complexity index is 479. The molecule has 2 amide bonds. The molecule has 0 spiro atoms. The first-order valence-electron chi connectivity index (χ1n) is 7.45. The van der Waals surface area contributed by atoms with Gasteiger partial charge in [-0.3, -0.25) is 0 Å². The van der Waals surface area contributed by atoms with Gasteiger partial charge in [-0.1, -0.05) is 18.2 Å². The third-order valence-corrected chi connectivity index (χ3v) is 4.11. The van der Waals surface area contributed by atoms with Crippen LogP contribution in [0.15, 0.2) is 24.3 Å². The molecule has 1 heterocycles. The van der Waals surface area contributed by atoms with Gasteiger partial charge in [-0.15, -0.1) is 0 Å². The fraction of sp³-hybridized carbons (Fsp3) is 0.562. The van der Waals surface area contributed by atoms with Crippen molar-refractivity contribution in [1.82, 2.24) is 4.90 Å². The number of urea groups is 1. The number of amides is 2. The normalized spacial score (nSPS) is 21.8. The first-order chi connectivity index (χ1) is 9.74. The second-order valence-corrected chi connectivity index (χ2v) is 5.86. The topological polar surface area (TPSA) is 41.6 Å². The highest BCUT2D eigenvalue weighted by Crippen LogP contribution is 2.29. The van der Waals surface area contributed by atoms with E-state index < -0.39 is 0 Å². The van der Waals surface area contributed by atoms with Crippen molar-refractivity contribution in [3.63, 3.8) is 0 Å². The fourth-order valence-corrected chi connectivity index (χ4v) is 2.69. The highest BCUT2D eigenvalue weighted by Gasteiger charge is 2.34. The summed E-state index contributed by atoms with van der Waals surface area (Å²) < 4.78 is 5.42. The van der Waals surface area contributed by atoms with Gasteiger partial charge in [0.1, 0.15) is 0 Å². The van der Waals surface area contributed by atoms with E-state index in [0.717, 1.165) is 50.3 Å². The number of nitrogens with one attached hydrogen (secondary N) is 1. The van der Waals surface area contributed by atoms with Gasteiger partial charge in [-0.2, -0.15) is 0 Å². The molecule has 2 aliphatic rings. The van der Waals surface area contributed by atoms with Crippen molar-refractivity contribution < 1.29 is 9.53 Å². The number of rotatable bonds is 4. The van der Waals surface area contributed by atoms with Crippen LogP contribution in [0.4, 0.5) is 10.5 Å². The van der Waals surface area contributed by atoms with E-state index in [1.165, 1.54) is 0 Å². The van der Waals surface area contributed by atoms with Crippen molar-refractivity contribution >= 4 is 11.7 Å². The Morgan fingerprint density at radius 1 is 1.35 bits per heavy atom. The van der Waals surface area contributed by atoms with E-state index in [4.69, 9.17) is 4.74 Å². The molecule has 1 atom stereocenters. The molecule has 1 unspecified atom stereocenters. The standard InChI is InChI=1S/C16H22N2O2/c1-12-4-2-3-5-15(12)17-16(19)18(14-6-7-14)10-13-8-9-20-11-13/h2-5,13-14H,6-11H2,1H3,(H,17,19). The van der Waals surface area contributed by atoms with Gasteiger partial charge in [0.15, 0.2) is 0 Å². The van der Waals surface area contributed by atoms with E-state index in [1.807, 2.05) is 36.1 Å². The van der Waals surface area contributed by atoms with Gasteiger partial charge in [0.2, 0.25) is 0 Å². The predicted octanol–water partition coefficient (Wildman–Crippen LogP) is 3.03. The Hall–Kier alpha value is -1.55. The van der Waals surface area contributed by atoms with Gasteiger partial charge < -0.3 is 15.0 Å². The molecule has 4 nitrogen and oxygen atoms in total. The van der Waals surface area contributed by atoms with Crippen molar-refractivity contribution in [2.45, 2.75) is 32.2 Å². The molecule has 108 valence electrons. The zero-order valence-electron chi connectivity index (χ0n) is 12.0. The van der Waals surface area contributed by atoms with E-state index >= 15 is 0 Å². The molecule has 1 N–H and O–H groups in total. The number of hydrogen-bond donors (Lipinski definition) is 1. The average Bonchev–Trinajstić information content (AvgIpc) is 3.15. The molecule has 0 bridgehead atoms. The first-order valence-corrected chi connectivity index (χ1v) is 7.45. The maximum Gasteiger partial charge on any atom is 0.322 e. The summed E-state index contributed by atoms with van der Waals surface area (Å²) >= 11 is 0. The zero-order chi connectivity index (χ0) is 13.9.